The van der Waals surface area contributed by atoms with Crippen molar-refractivity contribution in [2.45, 2.75) is 18.6 Å². The molecule has 8 heteroatoms. The summed E-state index contributed by atoms with van der Waals surface area (Å²) in [6, 6.07) is -1.54. The van der Waals surface area contributed by atoms with Crippen LogP contribution in [0.3, 0.4) is 0 Å². The van der Waals surface area contributed by atoms with E-state index in [2.05, 4.69) is 10.4 Å². The lowest BCUT2D eigenvalue weighted by molar-refractivity contribution is -0.141. The van der Waals surface area contributed by atoms with Crippen LogP contribution in [0, 0.1) is 0 Å². The Morgan fingerprint density at radius 2 is 2.28 bits per heavy atom. The molecule has 18 heavy (non-hydrogen) atoms. The number of aliphatic carboxylic acids is 1. The summed E-state index contributed by atoms with van der Waals surface area (Å²) in [6.07, 6.45) is 2.31. The standard InChI is InChI=1S/C10H14N4O4/c1-13-4-6(3-11-13)12-10(18)14-5-7(15)2-8(14)9(16)17/h3-4,7-8,15H,2,5H2,1H3,(H,12,18)(H,16,17)/t7?,8-/m0/s1. The molecule has 1 unspecified atom stereocenters. The third-order valence-corrected chi connectivity index (χ3v) is 2.78. The van der Waals surface area contributed by atoms with Crippen molar-refractivity contribution in [3.05, 3.63) is 12.4 Å². The van der Waals surface area contributed by atoms with Gasteiger partial charge in [0.15, 0.2) is 0 Å². The third-order valence-electron chi connectivity index (χ3n) is 2.78. The van der Waals surface area contributed by atoms with Gasteiger partial charge in [-0.05, 0) is 0 Å². The zero-order valence-corrected chi connectivity index (χ0v) is 9.78. The van der Waals surface area contributed by atoms with Gasteiger partial charge in [0.05, 0.1) is 18.0 Å². The molecule has 2 rings (SSSR count). The number of aromatic nitrogens is 2. The number of carboxylic acids is 1. The second-order valence-electron chi connectivity index (χ2n) is 4.23. The summed E-state index contributed by atoms with van der Waals surface area (Å²) < 4.78 is 1.52. The van der Waals surface area contributed by atoms with Crippen LogP contribution in [0.4, 0.5) is 10.5 Å². The molecule has 2 heterocycles. The first kappa shape index (κ1) is 12.4. The van der Waals surface area contributed by atoms with Crippen molar-refractivity contribution in [1.82, 2.24) is 14.7 Å². The van der Waals surface area contributed by atoms with Gasteiger partial charge >= 0.3 is 12.0 Å². The van der Waals surface area contributed by atoms with E-state index >= 15 is 0 Å². The lowest BCUT2D eigenvalue weighted by Crippen LogP contribution is -2.42. The molecule has 0 bridgehead atoms. The van der Waals surface area contributed by atoms with Gasteiger partial charge in [0, 0.05) is 26.2 Å². The molecule has 0 aliphatic carbocycles. The Balaban J connectivity index is 2.06. The fourth-order valence-electron chi connectivity index (χ4n) is 1.95. The number of likely N-dealkylation sites (tertiary alicyclic amines) is 1. The summed E-state index contributed by atoms with van der Waals surface area (Å²) in [5, 5.41) is 24.8. The van der Waals surface area contributed by atoms with Gasteiger partial charge in [-0.25, -0.2) is 9.59 Å². The lowest BCUT2D eigenvalue weighted by Gasteiger charge is -2.20. The number of carbonyl (C=O) groups excluding carboxylic acids is 1. The number of anilines is 1. The first-order valence-corrected chi connectivity index (χ1v) is 5.44. The number of nitrogens with one attached hydrogen (secondary N) is 1. The van der Waals surface area contributed by atoms with Gasteiger partial charge in [-0.15, -0.1) is 0 Å². The van der Waals surface area contributed by atoms with E-state index in [1.54, 1.807) is 13.2 Å². The number of rotatable bonds is 2. The van der Waals surface area contributed by atoms with Crippen LogP contribution in [0.15, 0.2) is 12.4 Å². The monoisotopic (exact) mass is 254 g/mol. The zero-order valence-electron chi connectivity index (χ0n) is 9.78. The van der Waals surface area contributed by atoms with Crippen molar-refractivity contribution < 1.29 is 19.8 Å². The molecule has 1 saturated heterocycles. The smallest absolute Gasteiger partial charge is 0.326 e. The van der Waals surface area contributed by atoms with Crippen LogP contribution in [0.25, 0.3) is 0 Å². The Hall–Kier alpha value is -2.09. The van der Waals surface area contributed by atoms with E-state index in [-0.39, 0.29) is 13.0 Å². The molecule has 1 aromatic rings. The van der Waals surface area contributed by atoms with E-state index in [1.807, 2.05) is 0 Å². The summed E-state index contributed by atoms with van der Waals surface area (Å²) >= 11 is 0. The maximum atomic E-state index is 11.9. The molecule has 0 spiro atoms. The Morgan fingerprint density at radius 1 is 1.56 bits per heavy atom. The first-order chi connectivity index (χ1) is 8.47. The van der Waals surface area contributed by atoms with E-state index in [9.17, 15) is 14.7 Å². The Bertz CT molecular complexity index is 472. The minimum absolute atomic E-state index is 0.0169. The molecule has 0 saturated carbocycles. The highest BCUT2D eigenvalue weighted by Crippen LogP contribution is 2.19. The maximum absolute atomic E-state index is 11.9. The van der Waals surface area contributed by atoms with Crippen LogP contribution in [0.5, 0.6) is 0 Å². The number of urea groups is 1. The van der Waals surface area contributed by atoms with Crippen molar-refractivity contribution in [3.63, 3.8) is 0 Å². The van der Waals surface area contributed by atoms with Crippen LogP contribution in [-0.4, -0.2) is 55.6 Å². The van der Waals surface area contributed by atoms with Crippen LogP contribution >= 0.6 is 0 Å². The van der Waals surface area contributed by atoms with Crippen molar-refractivity contribution in [3.8, 4) is 0 Å². The molecule has 1 aromatic heterocycles. The van der Waals surface area contributed by atoms with Crippen molar-refractivity contribution in [2.24, 2.45) is 7.05 Å². The van der Waals surface area contributed by atoms with Crippen LogP contribution in [0.1, 0.15) is 6.42 Å². The summed E-state index contributed by atoms with van der Waals surface area (Å²) in [6.45, 7) is 0.0169. The van der Waals surface area contributed by atoms with Crippen molar-refractivity contribution >= 4 is 17.7 Å². The van der Waals surface area contributed by atoms with Crippen LogP contribution < -0.4 is 5.32 Å². The molecule has 2 atom stereocenters. The molecule has 1 fully saturated rings. The number of amides is 2. The topological polar surface area (TPSA) is 108 Å². The molecule has 3 N–H and O–H groups in total. The lowest BCUT2D eigenvalue weighted by atomic mass is 10.2. The number of hydrogen-bond acceptors (Lipinski definition) is 4. The van der Waals surface area contributed by atoms with Gasteiger partial charge in [0.1, 0.15) is 6.04 Å². The second-order valence-corrected chi connectivity index (χ2v) is 4.23. The number of nitrogens with zero attached hydrogens (tertiary/aromatic N) is 3. The number of β-amino-alcohol motifs (C(OH)–C–C–N with tert-alkyl or cyclic N) is 1. The number of aliphatic hydroxyl groups excluding tert-OH is 1. The Morgan fingerprint density at radius 3 is 2.83 bits per heavy atom. The maximum Gasteiger partial charge on any atom is 0.326 e. The van der Waals surface area contributed by atoms with E-state index in [1.165, 1.54) is 10.9 Å². The van der Waals surface area contributed by atoms with Crippen molar-refractivity contribution in [2.75, 3.05) is 11.9 Å². The highest BCUT2D eigenvalue weighted by Gasteiger charge is 2.39. The molecule has 0 radical (unpaired) electrons. The molecule has 98 valence electrons. The number of aliphatic hydroxyl groups is 1. The predicted octanol–water partition coefficient (Wildman–Crippen LogP) is -0.528. The number of carboxylic acid groups (broad SMARTS) is 1. The summed E-state index contributed by atoms with van der Waals surface area (Å²) in [7, 11) is 1.70. The van der Waals surface area contributed by atoms with Crippen molar-refractivity contribution in [1.29, 1.82) is 0 Å². The summed E-state index contributed by atoms with van der Waals surface area (Å²) in [5.41, 5.74) is 0.480. The molecular formula is C10H14N4O4. The second kappa shape index (κ2) is 4.65. The summed E-state index contributed by atoms with van der Waals surface area (Å²) in [5.74, 6) is -1.12. The minimum Gasteiger partial charge on any atom is -0.480 e. The molecule has 8 nitrogen and oxygen atoms in total. The van der Waals surface area contributed by atoms with Crippen LogP contribution in [0.2, 0.25) is 0 Å². The molecule has 2 amide bonds. The molecular weight excluding hydrogens is 240 g/mol. The Kier molecular flexibility index (Phi) is 3.19. The highest BCUT2D eigenvalue weighted by atomic mass is 16.4. The number of carbonyl (C=O) groups is 2. The van der Waals surface area contributed by atoms with Gasteiger partial charge in [-0.1, -0.05) is 0 Å². The third kappa shape index (κ3) is 2.43. The van der Waals surface area contributed by atoms with E-state index in [0.717, 1.165) is 4.90 Å². The average molecular weight is 254 g/mol. The normalized spacial score (nSPS) is 23.1. The minimum atomic E-state index is -1.12. The fraction of sp³-hybridized carbons (Fsp3) is 0.500. The van der Waals surface area contributed by atoms with Gasteiger partial charge in [0.2, 0.25) is 0 Å². The first-order valence-electron chi connectivity index (χ1n) is 5.44. The summed E-state index contributed by atoms with van der Waals surface area (Å²) in [4.78, 5) is 24.0. The van der Waals surface area contributed by atoms with E-state index in [4.69, 9.17) is 5.11 Å². The molecule has 1 aliphatic rings. The van der Waals surface area contributed by atoms with Gasteiger partial charge in [-0.2, -0.15) is 5.10 Å². The quantitative estimate of drug-likeness (QED) is 0.657. The molecule has 0 aromatic carbocycles. The fourth-order valence-corrected chi connectivity index (χ4v) is 1.95. The average Bonchev–Trinajstić information content (AvgIpc) is 2.85. The predicted molar refractivity (Wildman–Crippen MR) is 61.0 cm³/mol. The largest absolute Gasteiger partial charge is 0.480 e. The molecule has 1 aliphatic heterocycles. The number of hydrogen-bond donors (Lipinski definition) is 3. The number of aryl methyl sites for hydroxylation is 1. The Labute approximate surface area is 103 Å². The van der Waals surface area contributed by atoms with Gasteiger partial charge < -0.3 is 20.4 Å². The van der Waals surface area contributed by atoms with E-state index in [0.29, 0.717) is 5.69 Å². The van der Waals surface area contributed by atoms with Crippen LogP contribution in [-0.2, 0) is 11.8 Å². The highest BCUT2D eigenvalue weighted by molar-refractivity contribution is 5.92. The SMILES string of the molecule is Cn1cc(NC(=O)N2CC(O)C[C@H]2C(=O)O)cn1. The zero-order chi connectivity index (χ0) is 13.3. The van der Waals surface area contributed by atoms with Gasteiger partial charge in [-0.3, -0.25) is 4.68 Å². The van der Waals surface area contributed by atoms with E-state index < -0.39 is 24.1 Å². The van der Waals surface area contributed by atoms with Gasteiger partial charge in [0.25, 0.3) is 0 Å².